The number of hydrogen-bond acceptors (Lipinski definition) is 4. The third-order valence-corrected chi connectivity index (χ3v) is 6.32. The fourth-order valence-electron chi connectivity index (χ4n) is 4.33. The number of rotatable bonds is 5. The molecule has 2 saturated heterocycles. The van der Waals surface area contributed by atoms with Gasteiger partial charge in [-0.15, -0.1) is 10.2 Å². The van der Waals surface area contributed by atoms with Crippen molar-refractivity contribution in [2.75, 3.05) is 26.2 Å². The molecule has 7 heteroatoms. The lowest BCUT2D eigenvalue weighted by atomic mass is 10.1. The van der Waals surface area contributed by atoms with Crippen LogP contribution in [0.15, 0.2) is 35.3 Å². The van der Waals surface area contributed by atoms with Crippen LogP contribution in [0.25, 0.3) is 0 Å². The second kappa shape index (κ2) is 8.95. The number of likely N-dealkylation sites (tertiary alicyclic amines) is 2. The summed E-state index contributed by atoms with van der Waals surface area (Å²) in [5, 5.41) is 12.1. The van der Waals surface area contributed by atoms with Gasteiger partial charge in [-0.3, -0.25) is 4.90 Å². The van der Waals surface area contributed by atoms with Gasteiger partial charge >= 0.3 is 0 Å². The largest absolute Gasteiger partial charge is 0.350 e. The van der Waals surface area contributed by atoms with Gasteiger partial charge in [0.25, 0.3) is 0 Å². The first-order valence-electron chi connectivity index (χ1n) is 10.8. The summed E-state index contributed by atoms with van der Waals surface area (Å²) in [4.78, 5) is 10.0. The molecular formula is C22H33N7. The second-order valence-corrected chi connectivity index (χ2v) is 8.27. The van der Waals surface area contributed by atoms with Crippen LogP contribution in [-0.2, 0) is 13.6 Å². The number of nitrogens with one attached hydrogen (secondary N) is 1. The first-order valence-corrected chi connectivity index (χ1v) is 10.8. The Hall–Kier alpha value is -2.41. The quantitative estimate of drug-likeness (QED) is 0.623. The number of aryl methyl sites for hydroxylation is 1. The van der Waals surface area contributed by atoms with E-state index in [0.29, 0.717) is 12.6 Å². The number of guanidine groups is 1. The highest BCUT2D eigenvalue weighted by atomic mass is 15.4. The fraction of sp³-hybridized carbons (Fsp3) is 0.591. The van der Waals surface area contributed by atoms with E-state index in [2.05, 4.69) is 62.6 Å². The molecule has 0 aliphatic carbocycles. The van der Waals surface area contributed by atoms with Crippen LogP contribution in [-0.4, -0.2) is 62.7 Å². The smallest absolute Gasteiger partial charge is 0.194 e. The lowest BCUT2D eigenvalue weighted by Crippen LogP contribution is -2.43. The van der Waals surface area contributed by atoms with Gasteiger partial charge in [0.15, 0.2) is 11.8 Å². The Bertz CT molecular complexity index is 823. The SMILES string of the molecule is Cc1nnc(CN=C(NC(C)c2ccccc2)N2CCC(N3CCCC3)C2)n1C. The number of aliphatic imine (C=N–C) groups is 1. The predicted molar refractivity (Wildman–Crippen MR) is 116 cm³/mol. The lowest BCUT2D eigenvalue weighted by molar-refractivity contribution is 0.249. The molecule has 156 valence electrons. The van der Waals surface area contributed by atoms with E-state index >= 15 is 0 Å². The summed E-state index contributed by atoms with van der Waals surface area (Å²) < 4.78 is 2.01. The van der Waals surface area contributed by atoms with Gasteiger partial charge in [-0.05, 0) is 51.8 Å². The van der Waals surface area contributed by atoms with E-state index in [0.717, 1.165) is 30.7 Å². The molecule has 0 amide bonds. The Balaban J connectivity index is 1.50. The topological polar surface area (TPSA) is 61.6 Å². The summed E-state index contributed by atoms with van der Waals surface area (Å²) in [5.41, 5.74) is 1.27. The minimum Gasteiger partial charge on any atom is -0.350 e. The van der Waals surface area contributed by atoms with Crippen molar-refractivity contribution in [1.29, 1.82) is 0 Å². The molecule has 0 saturated carbocycles. The van der Waals surface area contributed by atoms with Crippen LogP contribution in [0.5, 0.6) is 0 Å². The fourth-order valence-corrected chi connectivity index (χ4v) is 4.33. The Kier molecular flexibility index (Phi) is 6.13. The number of hydrogen-bond donors (Lipinski definition) is 1. The van der Waals surface area contributed by atoms with Crippen LogP contribution < -0.4 is 5.32 Å². The molecule has 2 unspecified atom stereocenters. The van der Waals surface area contributed by atoms with E-state index in [1.54, 1.807) is 0 Å². The highest BCUT2D eigenvalue weighted by Gasteiger charge is 2.31. The van der Waals surface area contributed by atoms with Gasteiger partial charge in [-0.1, -0.05) is 30.3 Å². The molecular weight excluding hydrogens is 362 g/mol. The normalized spacial score (nSPS) is 21.7. The van der Waals surface area contributed by atoms with Crippen molar-refractivity contribution in [3.63, 3.8) is 0 Å². The Morgan fingerprint density at radius 3 is 2.62 bits per heavy atom. The second-order valence-electron chi connectivity index (χ2n) is 8.27. The molecule has 2 aliphatic rings. The van der Waals surface area contributed by atoms with Crippen molar-refractivity contribution in [1.82, 2.24) is 29.9 Å². The van der Waals surface area contributed by atoms with Crippen molar-refractivity contribution < 1.29 is 0 Å². The number of nitrogens with zero attached hydrogens (tertiary/aromatic N) is 6. The molecule has 2 atom stereocenters. The van der Waals surface area contributed by atoms with Crippen molar-refractivity contribution in [2.45, 2.75) is 51.7 Å². The summed E-state index contributed by atoms with van der Waals surface area (Å²) in [6, 6.07) is 11.4. The summed E-state index contributed by atoms with van der Waals surface area (Å²) in [5.74, 6) is 2.78. The summed E-state index contributed by atoms with van der Waals surface area (Å²) in [6.07, 6.45) is 3.89. The minimum atomic E-state index is 0.196. The first-order chi connectivity index (χ1) is 14.1. The van der Waals surface area contributed by atoms with Gasteiger partial charge in [0.2, 0.25) is 0 Å². The van der Waals surface area contributed by atoms with Crippen LogP contribution in [0, 0.1) is 6.92 Å². The highest BCUT2D eigenvalue weighted by molar-refractivity contribution is 5.80. The maximum absolute atomic E-state index is 4.97. The highest BCUT2D eigenvalue weighted by Crippen LogP contribution is 2.21. The molecule has 2 aliphatic heterocycles. The van der Waals surface area contributed by atoms with Gasteiger partial charge in [-0.25, -0.2) is 4.99 Å². The van der Waals surface area contributed by atoms with E-state index in [-0.39, 0.29) is 6.04 Å². The zero-order valence-corrected chi connectivity index (χ0v) is 17.9. The number of benzene rings is 1. The summed E-state index contributed by atoms with van der Waals surface area (Å²) in [7, 11) is 2.00. The maximum atomic E-state index is 4.97. The van der Waals surface area contributed by atoms with E-state index in [1.807, 2.05) is 18.5 Å². The molecule has 3 heterocycles. The van der Waals surface area contributed by atoms with Gasteiger partial charge in [0.1, 0.15) is 12.4 Å². The molecule has 7 nitrogen and oxygen atoms in total. The first kappa shape index (κ1) is 19.9. The average molecular weight is 396 g/mol. The molecule has 2 fully saturated rings. The van der Waals surface area contributed by atoms with Crippen molar-refractivity contribution in [2.24, 2.45) is 12.0 Å². The summed E-state index contributed by atoms with van der Waals surface area (Å²) >= 11 is 0. The van der Waals surface area contributed by atoms with Crippen LogP contribution in [0.3, 0.4) is 0 Å². The monoisotopic (exact) mass is 395 g/mol. The van der Waals surface area contributed by atoms with Gasteiger partial charge in [0, 0.05) is 26.2 Å². The van der Waals surface area contributed by atoms with Gasteiger partial charge in [0.05, 0.1) is 6.04 Å². The van der Waals surface area contributed by atoms with Crippen LogP contribution in [0.4, 0.5) is 0 Å². The van der Waals surface area contributed by atoms with E-state index in [9.17, 15) is 0 Å². The molecule has 1 aromatic heterocycles. The lowest BCUT2D eigenvalue weighted by Gasteiger charge is -2.27. The third-order valence-electron chi connectivity index (χ3n) is 6.32. The van der Waals surface area contributed by atoms with Gasteiger partial charge < -0.3 is 14.8 Å². The predicted octanol–water partition coefficient (Wildman–Crippen LogP) is 2.50. The molecule has 0 radical (unpaired) electrons. The molecule has 1 aromatic carbocycles. The zero-order valence-electron chi connectivity index (χ0n) is 17.9. The molecule has 2 aromatic rings. The van der Waals surface area contributed by atoms with Gasteiger partial charge in [-0.2, -0.15) is 0 Å². The zero-order chi connectivity index (χ0) is 20.2. The van der Waals surface area contributed by atoms with Crippen LogP contribution in [0.1, 0.15) is 49.4 Å². The van der Waals surface area contributed by atoms with Crippen LogP contribution >= 0.6 is 0 Å². The molecule has 0 bridgehead atoms. The summed E-state index contributed by atoms with van der Waals surface area (Å²) in [6.45, 7) is 9.29. The molecule has 4 rings (SSSR count). The standard InChI is InChI=1S/C22H33N7/c1-17(19-9-5-4-6-10-19)24-22(23-15-21-26-25-18(2)27(21)3)29-14-11-20(16-29)28-12-7-8-13-28/h4-6,9-10,17,20H,7-8,11-16H2,1-3H3,(H,23,24). The maximum Gasteiger partial charge on any atom is 0.194 e. The van der Waals surface area contributed by atoms with E-state index < -0.39 is 0 Å². The molecule has 1 N–H and O–H groups in total. The van der Waals surface area contributed by atoms with Crippen molar-refractivity contribution >= 4 is 5.96 Å². The Morgan fingerprint density at radius 1 is 1.17 bits per heavy atom. The third kappa shape index (κ3) is 4.61. The number of aromatic nitrogens is 3. The minimum absolute atomic E-state index is 0.196. The van der Waals surface area contributed by atoms with Crippen molar-refractivity contribution in [3.05, 3.63) is 47.5 Å². The van der Waals surface area contributed by atoms with E-state index in [4.69, 9.17) is 4.99 Å². The van der Waals surface area contributed by atoms with E-state index in [1.165, 1.54) is 37.9 Å². The Morgan fingerprint density at radius 2 is 1.93 bits per heavy atom. The average Bonchev–Trinajstić information content (AvgIpc) is 3.49. The molecule has 0 spiro atoms. The Labute approximate surface area is 173 Å². The van der Waals surface area contributed by atoms with Crippen LogP contribution in [0.2, 0.25) is 0 Å². The van der Waals surface area contributed by atoms with Crippen molar-refractivity contribution in [3.8, 4) is 0 Å². The molecule has 29 heavy (non-hydrogen) atoms.